The number of furan rings is 1. The number of thioether (sulfide) groups is 1. The molecule has 3 heterocycles. The largest absolute Gasteiger partial charge is 0.467 e. The number of hydrogen-bond donors (Lipinski definition) is 0. The Morgan fingerprint density at radius 1 is 1.21 bits per heavy atom. The molecule has 24 heavy (non-hydrogen) atoms. The fourth-order valence-electron chi connectivity index (χ4n) is 2.75. The molecule has 0 saturated carbocycles. The molecule has 1 saturated heterocycles. The maximum Gasteiger partial charge on any atom is 0.192 e. The first kappa shape index (κ1) is 15.5. The van der Waals surface area contributed by atoms with E-state index >= 15 is 0 Å². The molecule has 3 aromatic rings. The molecule has 0 aliphatic carbocycles. The Bertz CT molecular complexity index is 790. The van der Waals surface area contributed by atoms with Crippen LogP contribution in [0.1, 0.15) is 17.7 Å². The molecule has 0 spiro atoms. The van der Waals surface area contributed by atoms with Crippen LogP contribution in [0.3, 0.4) is 0 Å². The second kappa shape index (κ2) is 6.83. The zero-order valence-electron chi connectivity index (χ0n) is 13.5. The van der Waals surface area contributed by atoms with Gasteiger partial charge in [0, 0.05) is 17.4 Å². The predicted molar refractivity (Wildman–Crippen MR) is 93.1 cm³/mol. The topological polar surface area (TPSA) is 53.1 Å². The van der Waals surface area contributed by atoms with Crippen molar-refractivity contribution in [2.75, 3.05) is 13.2 Å². The fourth-order valence-corrected chi connectivity index (χ4v) is 3.79. The number of benzene rings is 1. The van der Waals surface area contributed by atoms with Crippen LogP contribution in [0.2, 0.25) is 0 Å². The third kappa shape index (κ3) is 3.25. The number of aryl methyl sites for hydroxylation is 1. The van der Waals surface area contributed by atoms with Crippen molar-refractivity contribution in [1.82, 2.24) is 14.8 Å². The van der Waals surface area contributed by atoms with Crippen molar-refractivity contribution < 1.29 is 9.15 Å². The molecule has 2 aromatic heterocycles. The molecular weight excluding hydrogens is 322 g/mol. The van der Waals surface area contributed by atoms with E-state index in [1.807, 2.05) is 12.1 Å². The molecule has 0 bridgehead atoms. The molecule has 1 aromatic carbocycles. The highest BCUT2D eigenvalue weighted by atomic mass is 32.2. The number of aromatic nitrogens is 3. The van der Waals surface area contributed by atoms with Gasteiger partial charge in [-0.3, -0.25) is 4.57 Å². The first-order valence-electron chi connectivity index (χ1n) is 8.06. The van der Waals surface area contributed by atoms with Crippen LogP contribution in [-0.2, 0) is 11.3 Å². The summed E-state index contributed by atoms with van der Waals surface area (Å²) in [6, 6.07) is 12.3. The van der Waals surface area contributed by atoms with Gasteiger partial charge in [0.05, 0.1) is 19.4 Å². The van der Waals surface area contributed by atoms with E-state index in [2.05, 4.69) is 46.0 Å². The van der Waals surface area contributed by atoms with Crippen LogP contribution in [-0.4, -0.2) is 33.2 Å². The maximum absolute atomic E-state index is 5.53. The standard InChI is InChI=1S/C18H19N3O2S/c1-13-4-6-14(7-5-13)17-19-20-18(24-16-8-10-22-12-16)21(17)11-15-3-2-9-23-15/h2-7,9,16H,8,10-12H2,1H3. The van der Waals surface area contributed by atoms with Crippen molar-refractivity contribution in [2.24, 2.45) is 0 Å². The van der Waals surface area contributed by atoms with E-state index in [9.17, 15) is 0 Å². The summed E-state index contributed by atoms with van der Waals surface area (Å²) in [7, 11) is 0. The Kier molecular flexibility index (Phi) is 4.40. The Morgan fingerprint density at radius 3 is 2.79 bits per heavy atom. The first-order valence-corrected chi connectivity index (χ1v) is 8.94. The average Bonchev–Trinajstić information content (AvgIpc) is 3.33. The van der Waals surface area contributed by atoms with Crippen LogP contribution in [0, 0.1) is 6.92 Å². The minimum atomic E-state index is 0.440. The molecule has 1 atom stereocenters. The summed E-state index contributed by atoms with van der Waals surface area (Å²) in [4.78, 5) is 0. The molecular formula is C18H19N3O2S. The number of ether oxygens (including phenoxy) is 1. The van der Waals surface area contributed by atoms with Crippen molar-refractivity contribution in [3.05, 3.63) is 54.0 Å². The highest BCUT2D eigenvalue weighted by Gasteiger charge is 2.22. The number of rotatable bonds is 5. The van der Waals surface area contributed by atoms with E-state index in [1.165, 1.54) is 5.56 Å². The van der Waals surface area contributed by atoms with Gasteiger partial charge in [-0.2, -0.15) is 0 Å². The lowest BCUT2D eigenvalue weighted by Crippen LogP contribution is -2.07. The van der Waals surface area contributed by atoms with Gasteiger partial charge < -0.3 is 9.15 Å². The summed E-state index contributed by atoms with van der Waals surface area (Å²) in [5.74, 6) is 1.76. The molecule has 1 fully saturated rings. The van der Waals surface area contributed by atoms with Gasteiger partial charge in [0.1, 0.15) is 5.76 Å². The fraction of sp³-hybridized carbons (Fsp3) is 0.333. The molecule has 0 radical (unpaired) electrons. The van der Waals surface area contributed by atoms with E-state index in [0.29, 0.717) is 11.8 Å². The van der Waals surface area contributed by atoms with Gasteiger partial charge in [0.15, 0.2) is 11.0 Å². The van der Waals surface area contributed by atoms with Crippen molar-refractivity contribution >= 4 is 11.8 Å². The third-order valence-electron chi connectivity index (χ3n) is 4.08. The second-order valence-electron chi connectivity index (χ2n) is 5.94. The first-order chi connectivity index (χ1) is 11.8. The summed E-state index contributed by atoms with van der Waals surface area (Å²) in [6.07, 6.45) is 2.75. The molecule has 0 N–H and O–H groups in total. The summed E-state index contributed by atoms with van der Waals surface area (Å²) in [6.45, 7) is 4.31. The lowest BCUT2D eigenvalue weighted by molar-refractivity contribution is 0.199. The van der Waals surface area contributed by atoms with E-state index in [0.717, 1.165) is 41.9 Å². The molecule has 5 nitrogen and oxygen atoms in total. The summed E-state index contributed by atoms with van der Waals surface area (Å²) < 4.78 is 13.1. The molecule has 4 rings (SSSR count). The highest BCUT2D eigenvalue weighted by Crippen LogP contribution is 2.31. The monoisotopic (exact) mass is 341 g/mol. The van der Waals surface area contributed by atoms with Gasteiger partial charge in [0.25, 0.3) is 0 Å². The SMILES string of the molecule is Cc1ccc(-c2nnc(SC3CCOC3)n2Cc2ccco2)cc1. The van der Waals surface area contributed by atoms with Crippen LogP contribution < -0.4 is 0 Å². The maximum atomic E-state index is 5.53. The lowest BCUT2D eigenvalue weighted by atomic mass is 10.1. The molecule has 1 aliphatic rings. The Balaban J connectivity index is 1.69. The minimum absolute atomic E-state index is 0.440. The third-order valence-corrected chi connectivity index (χ3v) is 5.30. The van der Waals surface area contributed by atoms with Crippen LogP contribution in [0.4, 0.5) is 0 Å². The van der Waals surface area contributed by atoms with E-state index < -0.39 is 0 Å². The lowest BCUT2D eigenvalue weighted by Gasteiger charge is -2.11. The molecule has 1 aliphatic heterocycles. The molecule has 0 amide bonds. The highest BCUT2D eigenvalue weighted by molar-refractivity contribution is 7.99. The molecule has 1 unspecified atom stereocenters. The summed E-state index contributed by atoms with van der Waals surface area (Å²) >= 11 is 1.74. The number of hydrogen-bond acceptors (Lipinski definition) is 5. The number of nitrogens with zero attached hydrogens (tertiary/aromatic N) is 3. The predicted octanol–water partition coefficient (Wildman–Crippen LogP) is 3.78. The van der Waals surface area contributed by atoms with Crippen LogP contribution in [0.15, 0.2) is 52.2 Å². The van der Waals surface area contributed by atoms with Crippen LogP contribution in [0.25, 0.3) is 11.4 Å². The van der Waals surface area contributed by atoms with E-state index in [4.69, 9.17) is 9.15 Å². The molecule has 6 heteroatoms. The summed E-state index contributed by atoms with van der Waals surface area (Å²) in [5, 5.41) is 10.2. The Hall–Kier alpha value is -2.05. The van der Waals surface area contributed by atoms with E-state index in [1.54, 1.807) is 18.0 Å². The molecule has 124 valence electrons. The van der Waals surface area contributed by atoms with Crippen molar-refractivity contribution in [3.63, 3.8) is 0 Å². The second-order valence-corrected chi connectivity index (χ2v) is 7.21. The van der Waals surface area contributed by atoms with E-state index in [-0.39, 0.29) is 0 Å². The van der Waals surface area contributed by atoms with Crippen LogP contribution >= 0.6 is 11.8 Å². The van der Waals surface area contributed by atoms with Gasteiger partial charge in [-0.25, -0.2) is 0 Å². The van der Waals surface area contributed by atoms with Crippen molar-refractivity contribution in [2.45, 2.75) is 30.3 Å². The minimum Gasteiger partial charge on any atom is -0.467 e. The van der Waals surface area contributed by atoms with Gasteiger partial charge in [-0.15, -0.1) is 10.2 Å². The van der Waals surface area contributed by atoms with Gasteiger partial charge in [-0.1, -0.05) is 41.6 Å². The summed E-state index contributed by atoms with van der Waals surface area (Å²) in [5.41, 5.74) is 2.29. The normalized spacial score (nSPS) is 17.5. The Labute approximate surface area is 145 Å². The Morgan fingerprint density at radius 2 is 2.08 bits per heavy atom. The van der Waals surface area contributed by atoms with Gasteiger partial charge in [-0.05, 0) is 25.5 Å². The van der Waals surface area contributed by atoms with Gasteiger partial charge >= 0.3 is 0 Å². The smallest absolute Gasteiger partial charge is 0.192 e. The zero-order chi connectivity index (χ0) is 16.4. The zero-order valence-corrected chi connectivity index (χ0v) is 14.3. The quantitative estimate of drug-likeness (QED) is 0.707. The average molecular weight is 341 g/mol. The van der Waals surface area contributed by atoms with Crippen molar-refractivity contribution in [3.8, 4) is 11.4 Å². The van der Waals surface area contributed by atoms with Crippen LogP contribution in [0.5, 0.6) is 0 Å². The van der Waals surface area contributed by atoms with Crippen molar-refractivity contribution in [1.29, 1.82) is 0 Å². The van der Waals surface area contributed by atoms with Gasteiger partial charge in [0.2, 0.25) is 0 Å².